The van der Waals surface area contributed by atoms with E-state index in [2.05, 4.69) is 0 Å². The maximum Gasteiger partial charge on any atom is 0.311 e. The van der Waals surface area contributed by atoms with Crippen LogP contribution in [-0.2, 0) is 14.3 Å². The fourth-order valence-corrected chi connectivity index (χ4v) is 3.03. The first-order valence-electron chi connectivity index (χ1n) is 6.55. The molecule has 1 saturated heterocycles. The predicted octanol–water partition coefficient (Wildman–Crippen LogP) is 1.47. The van der Waals surface area contributed by atoms with Crippen LogP contribution in [-0.4, -0.2) is 60.7 Å². The molecule has 110 valence electrons. The Kier molecular flexibility index (Phi) is 6.65. The molecule has 0 aromatic carbocycles. The van der Waals surface area contributed by atoms with Gasteiger partial charge in [-0.05, 0) is 31.9 Å². The van der Waals surface area contributed by atoms with Gasteiger partial charge in [-0.25, -0.2) is 0 Å². The van der Waals surface area contributed by atoms with Crippen molar-refractivity contribution < 1.29 is 19.4 Å². The lowest BCUT2D eigenvalue weighted by Crippen LogP contribution is -2.50. The topological polar surface area (TPSA) is 66.8 Å². The van der Waals surface area contributed by atoms with Crippen molar-refractivity contribution in [2.75, 3.05) is 38.8 Å². The highest BCUT2D eigenvalue weighted by molar-refractivity contribution is 7.99. The Balaban J connectivity index is 2.69. The summed E-state index contributed by atoms with van der Waals surface area (Å²) in [5, 5.41) is 9.53. The third kappa shape index (κ3) is 4.38. The van der Waals surface area contributed by atoms with Crippen molar-refractivity contribution in [3.05, 3.63) is 0 Å². The van der Waals surface area contributed by atoms with Gasteiger partial charge in [-0.1, -0.05) is 0 Å². The van der Waals surface area contributed by atoms with Crippen LogP contribution in [0.25, 0.3) is 0 Å². The van der Waals surface area contributed by atoms with E-state index in [1.807, 2.05) is 6.26 Å². The zero-order chi connectivity index (χ0) is 14.3. The molecule has 1 aliphatic heterocycles. The normalized spacial score (nSPS) is 23.4. The number of hydrogen-bond acceptors (Lipinski definition) is 4. The quantitative estimate of drug-likeness (QED) is 0.719. The minimum atomic E-state index is -0.787. The maximum atomic E-state index is 11.9. The molecule has 1 aliphatic rings. The van der Waals surface area contributed by atoms with Crippen molar-refractivity contribution >= 4 is 23.6 Å². The summed E-state index contributed by atoms with van der Waals surface area (Å²) in [6.07, 6.45) is 4.58. The van der Waals surface area contributed by atoms with Crippen LogP contribution in [0.5, 0.6) is 0 Å². The van der Waals surface area contributed by atoms with Gasteiger partial charge >= 0.3 is 5.97 Å². The molecule has 0 aliphatic carbocycles. The monoisotopic (exact) mass is 289 g/mol. The number of rotatable bonds is 7. The van der Waals surface area contributed by atoms with Gasteiger partial charge in [0.1, 0.15) is 0 Å². The van der Waals surface area contributed by atoms with Crippen molar-refractivity contribution in [1.82, 2.24) is 4.90 Å². The summed E-state index contributed by atoms with van der Waals surface area (Å²) in [5.74, 6) is -0.317. The van der Waals surface area contributed by atoms with Gasteiger partial charge in [0.25, 0.3) is 0 Å². The van der Waals surface area contributed by atoms with Crippen molar-refractivity contribution in [1.29, 1.82) is 0 Å². The first kappa shape index (κ1) is 16.3. The molecule has 19 heavy (non-hydrogen) atoms. The molecular formula is C13H23NO4S. The Morgan fingerprint density at radius 3 is 2.79 bits per heavy atom. The number of ether oxygens (including phenoxy) is 1. The number of carboxylic acid groups (broad SMARTS) is 1. The molecular weight excluding hydrogens is 266 g/mol. The lowest BCUT2D eigenvalue weighted by Gasteiger charge is -2.40. The average molecular weight is 289 g/mol. The number of carbonyl (C=O) groups is 2. The number of methoxy groups -OCH3 is 1. The second kappa shape index (κ2) is 7.75. The molecule has 0 radical (unpaired) electrons. The van der Waals surface area contributed by atoms with Gasteiger partial charge < -0.3 is 14.7 Å². The number of piperidine rings is 1. The van der Waals surface area contributed by atoms with E-state index in [9.17, 15) is 14.7 Å². The fraction of sp³-hybridized carbons (Fsp3) is 0.846. The van der Waals surface area contributed by atoms with E-state index in [-0.39, 0.29) is 5.91 Å². The van der Waals surface area contributed by atoms with Crippen LogP contribution in [0.15, 0.2) is 0 Å². The van der Waals surface area contributed by atoms with Crippen molar-refractivity contribution in [2.24, 2.45) is 5.41 Å². The largest absolute Gasteiger partial charge is 0.481 e. The number of likely N-dealkylation sites (tertiary alicyclic amines) is 1. The third-order valence-corrected chi connectivity index (χ3v) is 4.19. The van der Waals surface area contributed by atoms with Crippen LogP contribution in [0.3, 0.4) is 0 Å². The Bertz CT molecular complexity index is 324. The minimum absolute atomic E-state index is 0.0459. The number of carboxylic acids is 1. The second-order valence-corrected chi connectivity index (χ2v) is 5.90. The molecule has 0 bridgehead atoms. The zero-order valence-electron chi connectivity index (χ0n) is 11.7. The maximum absolute atomic E-state index is 11.9. The smallest absolute Gasteiger partial charge is 0.311 e. The van der Waals surface area contributed by atoms with Crippen LogP contribution in [0.1, 0.15) is 25.7 Å². The molecule has 1 amide bonds. The molecule has 0 saturated carbocycles. The first-order chi connectivity index (χ1) is 9.05. The molecule has 0 spiro atoms. The molecule has 1 heterocycles. The van der Waals surface area contributed by atoms with Gasteiger partial charge in [-0.2, -0.15) is 11.8 Å². The van der Waals surface area contributed by atoms with Gasteiger partial charge in [0.05, 0.1) is 11.2 Å². The molecule has 1 unspecified atom stereocenters. The molecule has 0 aromatic rings. The minimum Gasteiger partial charge on any atom is -0.481 e. The summed E-state index contributed by atoms with van der Waals surface area (Å²) < 4.78 is 4.99. The lowest BCUT2D eigenvalue weighted by molar-refractivity contribution is -0.155. The Morgan fingerprint density at radius 2 is 2.21 bits per heavy atom. The highest BCUT2D eigenvalue weighted by Gasteiger charge is 2.42. The first-order valence-corrected chi connectivity index (χ1v) is 7.94. The lowest BCUT2D eigenvalue weighted by atomic mass is 9.76. The summed E-state index contributed by atoms with van der Waals surface area (Å²) >= 11 is 1.47. The standard InChI is InChI=1S/C13H23NO4S/c1-18-8-4-6-13(12(16)17)5-3-7-14(10-13)11(15)9-19-2/h3-10H2,1-2H3,(H,16,17). The second-order valence-electron chi connectivity index (χ2n) is 5.03. The van der Waals surface area contributed by atoms with E-state index in [0.29, 0.717) is 44.7 Å². The van der Waals surface area contributed by atoms with Gasteiger partial charge in [0, 0.05) is 26.8 Å². The number of carbonyl (C=O) groups excluding carboxylic acids is 1. The highest BCUT2D eigenvalue weighted by Crippen LogP contribution is 2.35. The number of aliphatic carboxylic acids is 1. The van der Waals surface area contributed by atoms with E-state index in [1.165, 1.54) is 11.8 Å². The van der Waals surface area contributed by atoms with E-state index in [4.69, 9.17) is 4.74 Å². The third-order valence-electron chi connectivity index (χ3n) is 3.65. The zero-order valence-corrected chi connectivity index (χ0v) is 12.5. The fourth-order valence-electron chi connectivity index (χ4n) is 2.60. The summed E-state index contributed by atoms with van der Waals surface area (Å²) in [6.45, 7) is 1.58. The number of hydrogen-bond donors (Lipinski definition) is 1. The molecule has 5 nitrogen and oxygen atoms in total. The predicted molar refractivity (Wildman–Crippen MR) is 75.4 cm³/mol. The molecule has 0 aromatic heterocycles. The summed E-state index contributed by atoms with van der Waals surface area (Å²) in [5.41, 5.74) is -0.787. The van der Waals surface area contributed by atoms with Gasteiger partial charge in [0.2, 0.25) is 5.91 Å². The Hall–Kier alpha value is -0.750. The Morgan fingerprint density at radius 1 is 1.47 bits per heavy atom. The SMILES string of the molecule is COCCCC1(C(=O)O)CCCN(C(=O)CSC)C1. The van der Waals surface area contributed by atoms with Crippen molar-refractivity contribution in [2.45, 2.75) is 25.7 Å². The van der Waals surface area contributed by atoms with Crippen molar-refractivity contribution in [3.8, 4) is 0 Å². The summed E-state index contributed by atoms with van der Waals surface area (Å²) in [6, 6.07) is 0. The number of amides is 1. The number of nitrogens with zero attached hydrogens (tertiary/aromatic N) is 1. The van der Waals surface area contributed by atoms with E-state index >= 15 is 0 Å². The molecule has 1 rings (SSSR count). The van der Waals surface area contributed by atoms with Gasteiger partial charge in [-0.3, -0.25) is 9.59 Å². The Labute approximate surface area is 118 Å². The highest BCUT2D eigenvalue weighted by atomic mass is 32.2. The molecule has 1 fully saturated rings. The van der Waals surface area contributed by atoms with E-state index in [1.54, 1.807) is 12.0 Å². The van der Waals surface area contributed by atoms with E-state index < -0.39 is 11.4 Å². The average Bonchev–Trinajstić information content (AvgIpc) is 2.39. The van der Waals surface area contributed by atoms with Crippen LogP contribution in [0, 0.1) is 5.41 Å². The molecule has 1 N–H and O–H groups in total. The van der Waals surface area contributed by atoms with Crippen LogP contribution in [0.2, 0.25) is 0 Å². The number of thioether (sulfide) groups is 1. The van der Waals surface area contributed by atoms with Gasteiger partial charge in [-0.15, -0.1) is 0 Å². The van der Waals surface area contributed by atoms with Crippen LogP contribution >= 0.6 is 11.8 Å². The van der Waals surface area contributed by atoms with E-state index in [0.717, 1.165) is 6.42 Å². The summed E-state index contributed by atoms with van der Waals surface area (Å²) in [4.78, 5) is 25.2. The molecule has 1 atom stereocenters. The molecule has 6 heteroatoms. The van der Waals surface area contributed by atoms with Crippen LogP contribution < -0.4 is 0 Å². The van der Waals surface area contributed by atoms with Crippen LogP contribution in [0.4, 0.5) is 0 Å². The van der Waals surface area contributed by atoms with Gasteiger partial charge in [0.15, 0.2) is 0 Å². The summed E-state index contributed by atoms with van der Waals surface area (Å²) in [7, 11) is 1.61. The van der Waals surface area contributed by atoms with Crippen molar-refractivity contribution in [3.63, 3.8) is 0 Å².